The smallest absolute Gasteiger partial charge is 0.313 e. The summed E-state index contributed by atoms with van der Waals surface area (Å²) < 4.78 is 6.05. The second kappa shape index (κ2) is 7.84. The summed E-state index contributed by atoms with van der Waals surface area (Å²) in [4.78, 5) is 24.3. The summed E-state index contributed by atoms with van der Waals surface area (Å²) in [5, 5.41) is 0. The Bertz CT molecular complexity index is 771. The van der Waals surface area contributed by atoms with E-state index in [0.29, 0.717) is 18.8 Å². The summed E-state index contributed by atoms with van der Waals surface area (Å²) in [6, 6.07) is 0. The van der Waals surface area contributed by atoms with Crippen LogP contribution in [0.25, 0.3) is 0 Å². The minimum Gasteiger partial charge on any atom is -0.458 e. The minimum atomic E-state index is -0.462. The average molecular weight is 364 g/mol. The van der Waals surface area contributed by atoms with Gasteiger partial charge in [0.25, 0.3) is 0 Å². The van der Waals surface area contributed by atoms with Crippen LogP contribution in [0.15, 0.2) is 59.3 Å². The standard InChI is InChI=1S/C24H28O3/c25-22-13-15-24(27-23(26)17-22,21-10-3-4-11-21)14-12-19-9-5-7-18-6-1-2-8-20(19)16-18/h1-2,5-9,21H,3-4,10-17H2. The monoisotopic (exact) mass is 364 g/mol. The van der Waals surface area contributed by atoms with Crippen molar-refractivity contribution in [1.82, 2.24) is 0 Å². The number of Topliss-reactive ketones (excluding diaryl/α,β-unsaturated/α-hetero) is 1. The number of ketones is 1. The van der Waals surface area contributed by atoms with Crippen molar-refractivity contribution in [3.05, 3.63) is 59.3 Å². The molecule has 1 heterocycles. The third kappa shape index (κ3) is 4.07. The van der Waals surface area contributed by atoms with Crippen molar-refractivity contribution in [2.45, 2.75) is 69.8 Å². The predicted octanol–water partition coefficient (Wildman–Crippen LogP) is 5.30. The van der Waals surface area contributed by atoms with Gasteiger partial charge in [-0.05, 0) is 61.2 Å². The van der Waals surface area contributed by atoms with Crippen LogP contribution in [0.2, 0.25) is 0 Å². The zero-order chi connectivity index (χ0) is 18.7. The first-order chi connectivity index (χ1) is 13.1. The molecule has 0 radical (unpaired) electrons. The number of esters is 1. The van der Waals surface area contributed by atoms with Gasteiger partial charge in [-0.15, -0.1) is 0 Å². The maximum Gasteiger partial charge on any atom is 0.313 e. The number of allylic oxidation sites excluding steroid dienone is 10. The molecule has 1 saturated heterocycles. The van der Waals surface area contributed by atoms with Gasteiger partial charge in [-0.2, -0.15) is 0 Å². The highest BCUT2D eigenvalue weighted by atomic mass is 16.6. The van der Waals surface area contributed by atoms with Crippen LogP contribution in [-0.4, -0.2) is 17.4 Å². The topological polar surface area (TPSA) is 43.4 Å². The van der Waals surface area contributed by atoms with Crippen molar-refractivity contribution in [2.24, 2.45) is 5.92 Å². The lowest BCUT2D eigenvalue weighted by Gasteiger charge is -2.38. The summed E-state index contributed by atoms with van der Waals surface area (Å²) in [5.41, 5.74) is 3.53. The van der Waals surface area contributed by atoms with E-state index in [9.17, 15) is 9.59 Å². The molecule has 3 nitrogen and oxygen atoms in total. The van der Waals surface area contributed by atoms with Gasteiger partial charge in [-0.3, -0.25) is 9.59 Å². The number of fused-ring (bicyclic) bond motifs is 2. The summed E-state index contributed by atoms with van der Waals surface area (Å²) >= 11 is 0. The lowest BCUT2D eigenvalue weighted by atomic mass is 9.77. The quantitative estimate of drug-likeness (QED) is 0.502. The maximum absolute atomic E-state index is 12.3. The number of hydrogen-bond acceptors (Lipinski definition) is 3. The Morgan fingerprint density at radius 2 is 1.81 bits per heavy atom. The van der Waals surface area contributed by atoms with Gasteiger partial charge < -0.3 is 4.74 Å². The third-order valence-corrected chi connectivity index (χ3v) is 6.54. The van der Waals surface area contributed by atoms with E-state index in [1.807, 2.05) is 0 Å². The molecular weight excluding hydrogens is 336 g/mol. The highest BCUT2D eigenvalue weighted by Crippen LogP contribution is 2.45. The van der Waals surface area contributed by atoms with E-state index in [0.717, 1.165) is 32.1 Å². The normalized spacial score (nSPS) is 28.7. The van der Waals surface area contributed by atoms with E-state index in [1.165, 1.54) is 29.6 Å². The molecule has 4 aliphatic rings. The molecule has 2 fully saturated rings. The van der Waals surface area contributed by atoms with Crippen LogP contribution in [0.4, 0.5) is 0 Å². The zero-order valence-electron chi connectivity index (χ0n) is 15.9. The summed E-state index contributed by atoms with van der Waals surface area (Å²) in [6.45, 7) is 0. The fourth-order valence-electron chi connectivity index (χ4n) is 5.04. The molecule has 3 heteroatoms. The van der Waals surface area contributed by atoms with Crippen LogP contribution in [0, 0.1) is 5.92 Å². The van der Waals surface area contributed by atoms with Gasteiger partial charge >= 0.3 is 5.97 Å². The van der Waals surface area contributed by atoms with Gasteiger partial charge in [0.2, 0.25) is 0 Å². The Morgan fingerprint density at radius 3 is 2.67 bits per heavy atom. The Hall–Kier alpha value is -2.16. The molecule has 142 valence electrons. The van der Waals surface area contributed by atoms with Crippen molar-refractivity contribution in [3.63, 3.8) is 0 Å². The third-order valence-electron chi connectivity index (χ3n) is 6.54. The number of ether oxygens (including phenoxy) is 1. The number of rotatable bonds is 4. The van der Waals surface area contributed by atoms with Crippen molar-refractivity contribution in [3.8, 4) is 0 Å². The molecule has 0 amide bonds. The molecule has 0 N–H and O–H groups in total. The lowest BCUT2D eigenvalue weighted by Crippen LogP contribution is -2.41. The molecule has 0 aromatic heterocycles. The predicted molar refractivity (Wildman–Crippen MR) is 106 cm³/mol. The summed E-state index contributed by atoms with van der Waals surface area (Å²) in [5.74, 6) is 0.108. The van der Waals surface area contributed by atoms with Crippen molar-refractivity contribution < 1.29 is 14.3 Å². The number of hydrogen-bond donors (Lipinski definition) is 0. The molecule has 2 bridgehead atoms. The fourth-order valence-corrected chi connectivity index (χ4v) is 5.04. The second-order valence-corrected chi connectivity index (χ2v) is 8.28. The van der Waals surface area contributed by atoms with Gasteiger partial charge in [0, 0.05) is 6.42 Å². The van der Waals surface area contributed by atoms with E-state index < -0.39 is 5.60 Å². The molecular formula is C24H28O3. The SMILES string of the molecule is O=C1CCC(CCC2=CC=CC3=CC=CC=C2C3)(C2CCCC2)OC(=O)C1. The minimum absolute atomic E-state index is 0.0304. The first-order valence-corrected chi connectivity index (χ1v) is 10.3. The fraction of sp³-hybridized carbons (Fsp3) is 0.500. The first kappa shape index (κ1) is 18.2. The molecule has 0 aromatic carbocycles. The number of cyclic esters (lactones) is 1. The van der Waals surface area contributed by atoms with Crippen LogP contribution in [0.1, 0.15) is 64.2 Å². The summed E-state index contributed by atoms with van der Waals surface area (Å²) in [7, 11) is 0. The molecule has 27 heavy (non-hydrogen) atoms. The molecule has 1 aliphatic heterocycles. The second-order valence-electron chi connectivity index (χ2n) is 8.28. The first-order valence-electron chi connectivity index (χ1n) is 10.3. The average Bonchev–Trinajstić information content (AvgIpc) is 2.93. The van der Waals surface area contributed by atoms with Crippen LogP contribution in [-0.2, 0) is 14.3 Å². The molecule has 1 unspecified atom stereocenters. The van der Waals surface area contributed by atoms with E-state index in [4.69, 9.17) is 4.74 Å². The lowest BCUT2D eigenvalue weighted by molar-refractivity contribution is -0.166. The Kier molecular flexibility index (Phi) is 5.29. The molecule has 4 rings (SSSR count). The summed E-state index contributed by atoms with van der Waals surface area (Å²) in [6.07, 6.45) is 23.5. The number of carbonyl (C=O) groups is 2. The van der Waals surface area contributed by atoms with E-state index in [2.05, 4.69) is 42.5 Å². The van der Waals surface area contributed by atoms with Crippen molar-refractivity contribution in [2.75, 3.05) is 0 Å². The van der Waals surface area contributed by atoms with Crippen LogP contribution >= 0.6 is 0 Å². The number of carbonyl (C=O) groups excluding carboxylic acids is 2. The Morgan fingerprint density at radius 1 is 1.00 bits per heavy atom. The van der Waals surface area contributed by atoms with Crippen LogP contribution in [0.3, 0.4) is 0 Å². The largest absolute Gasteiger partial charge is 0.458 e. The van der Waals surface area contributed by atoms with Crippen molar-refractivity contribution >= 4 is 11.8 Å². The van der Waals surface area contributed by atoms with E-state index >= 15 is 0 Å². The Labute approximate surface area is 161 Å². The maximum atomic E-state index is 12.3. The van der Waals surface area contributed by atoms with Crippen molar-refractivity contribution in [1.29, 1.82) is 0 Å². The van der Waals surface area contributed by atoms with Gasteiger partial charge in [0.1, 0.15) is 17.8 Å². The highest BCUT2D eigenvalue weighted by molar-refractivity contribution is 5.96. The van der Waals surface area contributed by atoms with Crippen LogP contribution in [0.5, 0.6) is 0 Å². The molecule has 0 spiro atoms. The van der Waals surface area contributed by atoms with Gasteiger partial charge in [0.15, 0.2) is 0 Å². The molecule has 3 aliphatic carbocycles. The van der Waals surface area contributed by atoms with E-state index in [1.54, 1.807) is 0 Å². The zero-order valence-corrected chi connectivity index (χ0v) is 15.9. The van der Waals surface area contributed by atoms with Gasteiger partial charge in [0.05, 0.1) is 0 Å². The molecule has 0 aromatic rings. The van der Waals surface area contributed by atoms with E-state index in [-0.39, 0.29) is 18.2 Å². The Balaban J connectivity index is 1.56. The van der Waals surface area contributed by atoms with Crippen LogP contribution < -0.4 is 0 Å². The van der Waals surface area contributed by atoms with Gasteiger partial charge in [-0.25, -0.2) is 0 Å². The molecule has 1 saturated carbocycles. The highest BCUT2D eigenvalue weighted by Gasteiger charge is 2.45. The van der Waals surface area contributed by atoms with Gasteiger partial charge in [-0.1, -0.05) is 55.4 Å². The molecule has 1 atom stereocenters.